The van der Waals surface area contributed by atoms with E-state index in [0.717, 1.165) is 0 Å². The zero-order valence-corrected chi connectivity index (χ0v) is 12.2. The third kappa shape index (κ3) is 3.39. The van der Waals surface area contributed by atoms with Crippen LogP contribution >= 0.6 is 0 Å². The molecule has 1 aromatic heterocycles. The molecule has 0 spiro atoms. The number of amides is 3. The average molecular weight is 293 g/mol. The van der Waals surface area contributed by atoms with Gasteiger partial charge in [0.1, 0.15) is 5.69 Å². The predicted octanol–water partition coefficient (Wildman–Crippen LogP) is -1.17. The summed E-state index contributed by atoms with van der Waals surface area (Å²) < 4.78 is 1.54. The minimum atomic E-state index is -0.566. The number of rotatable bonds is 2. The summed E-state index contributed by atoms with van der Waals surface area (Å²) in [5.74, 6) is -1.47. The smallest absolute Gasteiger partial charge is 0.274 e. The van der Waals surface area contributed by atoms with Gasteiger partial charge in [-0.15, -0.1) is 0 Å². The van der Waals surface area contributed by atoms with Crippen molar-refractivity contribution in [3.8, 4) is 0 Å². The van der Waals surface area contributed by atoms with Gasteiger partial charge in [-0.05, 0) is 6.07 Å². The fraction of sp³-hybridized carbons (Fsp3) is 0.538. The number of hydrogen-bond acceptors (Lipinski definition) is 4. The van der Waals surface area contributed by atoms with Crippen LogP contribution in [0.4, 0.5) is 0 Å². The molecule has 3 amide bonds. The maximum atomic E-state index is 12.4. The normalized spacial score (nSPS) is 19.2. The molecule has 1 aliphatic rings. The molecule has 0 radical (unpaired) electrons. The largest absolute Gasteiger partial charge is 0.369 e. The average Bonchev–Trinajstić information content (AvgIpc) is 2.73. The van der Waals surface area contributed by atoms with E-state index in [4.69, 9.17) is 5.73 Å². The van der Waals surface area contributed by atoms with Crippen LogP contribution in [0.3, 0.4) is 0 Å². The summed E-state index contributed by atoms with van der Waals surface area (Å²) in [7, 11) is 1.73. The molecule has 1 unspecified atom stereocenters. The fourth-order valence-corrected chi connectivity index (χ4v) is 2.36. The Morgan fingerprint density at radius 1 is 1.24 bits per heavy atom. The summed E-state index contributed by atoms with van der Waals surface area (Å²) in [6.45, 7) is 2.63. The molecular formula is C13H19N5O3. The highest BCUT2D eigenvalue weighted by Crippen LogP contribution is 2.12. The quantitative estimate of drug-likeness (QED) is 0.742. The van der Waals surface area contributed by atoms with Crippen LogP contribution in [-0.2, 0) is 16.6 Å². The zero-order valence-electron chi connectivity index (χ0n) is 12.2. The molecular weight excluding hydrogens is 274 g/mol. The van der Waals surface area contributed by atoms with Gasteiger partial charge in [0.2, 0.25) is 11.8 Å². The van der Waals surface area contributed by atoms with Crippen LogP contribution in [-0.4, -0.2) is 63.5 Å². The van der Waals surface area contributed by atoms with Crippen molar-refractivity contribution in [2.75, 3.05) is 26.2 Å². The van der Waals surface area contributed by atoms with E-state index in [-0.39, 0.29) is 24.9 Å². The van der Waals surface area contributed by atoms with E-state index in [1.165, 1.54) is 11.8 Å². The van der Waals surface area contributed by atoms with Crippen LogP contribution in [0.1, 0.15) is 17.4 Å². The van der Waals surface area contributed by atoms with Gasteiger partial charge >= 0.3 is 0 Å². The summed E-state index contributed by atoms with van der Waals surface area (Å²) in [5, 5.41) is 4.07. The van der Waals surface area contributed by atoms with Crippen LogP contribution in [0.25, 0.3) is 0 Å². The Labute approximate surface area is 122 Å². The SMILES string of the molecule is CC(=O)N1CCN(C(=O)c2ccn(C)n2)CC(C(N)=O)C1. The minimum Gasteiger partial charge on any atom is -0.369 e. The Morgan fingerprint density at radius 3 is 2.38 bits per heavy atom. The van der Waals surface area contributed by atoms with Crippen LogP contribution in [0.2, 0.25) is 0 Å². The van der Waals surface area contributed by atoms with Gasteiger partial charge in [-0.25, -0.2) is 0 Å². The van der Waals surface area contributed by atoms with E-state index < -0.39 is 11.8 Å². The number of primary amides is 1. The summed E-state index contributed by atoms with van der Waals surface area (Å²) >= 11 is 0. The number of carbonyl (C=O) groups is 3. The molecule has 2 N–H and O–H groups in total. The lowest BCUT2D eigenvalue weighted by atomic mass is 10.1. The molecule has 8 nitrogen and oxygen atoms in total. The molecule has 2 heterocycles. The van der Waals surface area contributed by atoms with Crippen LogP contribution in [0.15, 0.2) is 12.3 Å². The van der Waals surface area contributed by atoms with E-state index in [2.05, 4.69) is 5.10 Å². The summed E-state index contributed by atoms with van der Waals surface area (Å²) in [6.07, 6.45) is 1.68. The fourth-order valence-electron chi connectivity index (χ4n) is 2.36. The molecule has 1 aromatic rings. The van der Waals surface area contributed by atoms with Crippen LogP contribution < -0.4 is 5.73 Å². The number of aromatic nitrogens is 2. The topological polar surface area (TPSA) is 102 Å². The zero-order chi connectivity index (χ0) is 15.6. The van der Waals surface area contributed by atoms with Crippen molar-refractivity contribution < 1.29 is 14.4 Å². The minimum absolute atomic E-state index is 0.131. The third-order valence-corrected chi connectivity index (χ3v) is 3.59. The molecule has 0 aliphatic carbocycles. The standard InChI is InChI=1S/C13H19N5O3/c1-9(19)17-5-6-18(8-10(7-17)12(14)20)13(21)11-3-4-16(2)15-11/h3-4,10H,5-8H2,1-2H3,(H2,14,20). The maximum absolute atomic E-state index is 12.4. The van der Waals surface area contributed by atoms with Gasteiger partial charge in [-0.2, -0.15) is 5.10 Å². The summed E-state index contributed by atoms with van der Waals surface area (Å²) in [6, 6.07) is 1.62. The molecule has 1 fully saturated rings. The van der Waals surface area contributed by atoms with E-state index in [9.17, 15) is 14.4 Å². The highest BCUT2D eigenvalue weighted by molar-refractivity contribution is 5.92. The van der Waals surface area contributed by atoms with Gasteiger partial charge in [0.25, 0.3) is 5.91 Å². The van der Waals surface area contributed by atoms with Crippen molar-refractivity contribution in [2.24, 2.45) is 18.7 Å². The molecule has 114 valence electrons. The van der Waals surface area contributed by atoms with Gasteiger partial charge in [-0.3, -0.25) is 19.1 Å². The first-order valence-corrected chi connectivity index (χ1v) is 6.72. The predicted molar refractivity (Wildman–Crippen MR) is 74.0 cm³/mol. The first-order chi connectivity index (χ1) is 9.88. The van der Waals surface area contributed by atoms with Crippen LogP contribution in [0, 0.1) is 5.92 Å². The van der Waals surface area contributed by atoms with E-state index in [1.807, 2.05) is 0 Å². The second-order valence-corrected chi connectivity index (χ2v) is 5.19. The van der Waals surface area contributed by atoms with Gasteiger partial charge < -0.3 is 15.5 Å². The number of hydrogen-bond donors (Lipinski definition) is 1. The molecule has 21 heavy (non-hydrogen) atoms. The van der Waals surface area contributed by atoms with Crippen molar-refractivity contribution in [1.82, 2.24) is 19.6 Å². The molecule has 1 saturated heterocycles. The van der Waals surface area contributed by atoms with Crippen molar-refractivity contribution in [3.63, 3.8) is 0 Å². The second-order valence-electron chi connectivity index (χ2n) is 5.19. The monoisotopic (exact) mass is 293 g/mol. The lowest BCUT2D eigenvalue weighted by Crippen LogP contribution is -2.41. The van der Waals surface area contributed by atoms with Gasteiger partial charge in [0.05, 0.1) is 5.92 Å². The van der Waals surface area contributed by atoms with Crippen molar-refractivity contribution in [1.29, 1.82) is 0 Å². The van der Waals surface area contributed by atoms with Gasteiger partial charge in [-0.1, -0.05) is 0 Å². The Morgan fingerprint density at radius 2 is 1.86 bits per heavy atom. The molecule has 0 saturated carbocycles. The molecule has 1 atom stereocenters. The highest BCUT2D eigenvalue weighted by atomic mass is 16.2. The first kappa shape index (κ1) is 15.0. The summed E-state index contributed by atoms with van der Waals surface area (Å²) in [5.41, 5.74) is 5.69. The Hall–Kier alpha value is -2.38. The molecule has 2 rings (SSSR count). The number of nitrogens with zero attached hydrogens (tertiary/aromatic N) is 4. The van der Waals surface area contributed by atoms with E-state index in [1.54, 1.807) is 28.9 Å². The van der Waals surface area contributed by atoms with Crippen molar-refractivity contribution >= 4 is 17.7 Å². The van der Waals surface area contributed by atoms with Crippen molar-refractivity contribution in [3.05, 3.63) is 18.0 Å². The lowest BCUT2D eigenvalue weighted by Gasteiger charge is -2.21. The van der Waals surface area contributed by atoms with E-state index in [0.29, 0.717) is 18.8 Å². The first-order valence-electron chi connectivity index (χ1n) is 6.72. The second kappa shape index (κ2) is 5.94. The Kier molecular flexibility index (Phi) is 4.25. The highest BCUT2D eigenvalue weighted by Gasteiger charge is 2.30. The van der Waals surface area contributed by atoms with Gasteiger partial charge in [0.15, 0.2) is 0 Å². The van der Waals surface area contributed by atoms with E-state index >= 15 is 0 Å². The third-order valence-electron chi connectivity index (χ3n) is 3.59. The maximum Gasteiger partial charge on any atom is 0.274 e. The lowest BCUT2D eigenvalue weighted by molar-refractivity contribution is -0.130. The van der Waals surface area contributed by atoms with Crippen molar-refractivity contribution in [2.45, 2.75) is 6.92 Å². The summed E-state index contributed by atoms with van der Waals surface area (Å²) in [4.78, 5) is 38.5. The molecule has 0 bridgehead atoms. The molecule has 0 aromatic carbocycles. The van der Waals surface area contributed by atoms with Crippen LogP contribution in [0.5, 0.6) is 0 Å². The van der Waals surface area contributed by atoms with Gasteiger partial charge in [0, 0.05) is 46.3 Å². The number of carbonyl (C=O) groups excluding carboxylic acids is 3. The number of nitrogens with two attached hydrogens (primary N) is 1. The Balaban J connectivity index is 2.18. The Bertz CT molecular complexity index is 568. The molecule has 8 heteroatoms. The number of aryl methyl sites for hydroxylation is 1. The molecule has 1 aliphatic heterocycles.